The van der Waals surface area contributed by atoms with Crippen molar-refractivity contribution in [1.29, 1.82) is 0 Å². The molecule has 4 aromatic rings. The van der Waals surface area contributed by atoms with Gasteiger partial charge in [-0.1, -0.05) is 23.4 Å². The largest absolute Gasteiger partial charge is 0.573 e. The molecule has 10 heteroatoms. The van der Waals surface area contributed by atoms with E-state index >= 15 is 0 Å². The van der Waals surface area contributed by atoms with Crippen molar-refractivity contribution in [2.24, 2.45) is 0 Å². The molecule has 2 aromatic carbocycles. The Morgan fingerprint density at radius 2 is 1.79 bits per heavy atom. The van der Waals surface area contributed by atoms with Crippen LogP contribution in [-0.4, -0.2) is 26.9 Å². The van der Waals surface area contributed by atoms with Crippen molar-refractivity contribution in [3.63, 3.8) is 0 Å². The Labute approximate surface area is 185 Å². The van der Waals surface area contributed by atoms with Crippen molar-refractivity contribution in [2.45, 2.75) is 19.8 Å². The lowest BCUT2D eigenvalue weighted by Gasteiger charge is -2.08. The zero-order valence-electron chi connectivity index (χ0n) is 17.2. The van der Waals surface area contributed by atoms with Gasteiger partial charge in [0.15, 0.2) is 5.78 Å². The van der Waals surface area contributed by atoms with E-state index in [-0.39, 0.29) is 35.4 Å². The number of Topliss-reactive ketones (excluding diaryl/α,β-unsaturated/α-hetero) is 1. The van der Waals surface area contributed by atoms with E-state index in [9.17, 15) is 22.8 Å². The van der Waals surface area contributed by atoms with E-state index in [2.05, 4.69) is 14.9 Å². The molecule has 0 unspecified atom stereocenters. The molecule has 0 atom stereocenters. The number of halogens is 3. The number of carbonyl (C=O) groups excluding carboxylic acids is 1. The van der Waals surface area contributed by atoms with E-state index in [4.69, 9.17) is 4.52 Å². The quantitative estimate of drug-likeness (QED) is 0.391. The number of alkyl halides is 3. The molecule has 0 aliphatic rings. The molecule has 0 fully saturated rings. The van der Waals surface area contributed by atoms with Crippen LogP contribution in [-0.2, 0) is 6.54 Å². The van der Waals surface area contributed by atoms with Gasteiger partial charge in [0.2, 0.25) is 5.82 Å². The van der Waals surface area contributed by atoms with Crippen molar-refractivity contribution >= 4 is 5.78 Å². The highest BCUT2D eigenvalue weighted by atomic mass is 19.4. The number of hydrogen-bond donors (Lipinski definition) is 0. The van der Waals surface area contributed by atoms with E-state index in [0.29, 0.717) is 16.7 Å². The molecule has 2 aromatic heterocycles. The van der Waals surface area contributed by atoms with Gasteiger partial charge in [0, 0.05) is 23.4 Å². The minimum absolute atomic E-state index is 0.0747. The van der Waals surface area contributed by atoms with E-state index in [1.54, 1.807) is 24.4 Å². The average Bonchev–Trinajstić information content (AvgIpc) is 3.25. The van der Waals surface area contributed by atoms with Crippen molar-refractivity contribution in [3.05, 3.63) is 88.3 Å². The van der Waals surface area contributed by atoms with Crippen LogP contribution in [0.4, 0.5) is 13.2 Å². The zero-order valence-corrected chi connectivity index (χ0v) is 17.2. The van der Waals surface area contributed by atoms with Crippen LogP contribution in [0.2, 0.25) is 0 Å². The molecule has 0 saturated carbocycles. The fourth-order valence-electron chi connectivity index (χ4n) is 3.13. The minimum atomic E-state index is -4.78. The predicted molar refractivity (Wildman–Crippen MR) is 112 cm³/mol. The van der Waals surface area contributed by atoms with Crippen LogP contribution in [0.1, 0.15) is 22.8 Å². The van der Waals surface area contributed by atoms with Crippen LogP contribution in [0.3, 0.4) is 0 Å². The van der Waals surface area contributed by atoms with Crippen molar-refractivity contribution in [3.8, 4) is 28.6 Å². The Balaban J connectivity index is 1.57. The van der Waals surface area contributed by atoms with Crippen LogP contribution in [0.15, 0.2) is 76.2 Å². The Morgan fingerprint density at radius 1 is 1.06 bits per heavy atom. The molecule has 0 spiro atoms. The number of rotatable bonds is 6. The van der Waals surface area contributed by atoms with Crippen LogP contribution in [0.25, 0.3) is 22.8 Å². The number of ketones is 1. The molecule has 0 saturated heterocycles. The number of pyridine rings is 1. The summed E-state index contributed by atoms with van der Waals surface area (Å²) < 4.78 is 47.5. The molecule has 4 rings (SSSR count). The molecule has 0 aliphatic heterocycles. The Bertz CT molecular complexity index is 1360. The molecule has 0 bridgehead atoms. The first kappa shape index (κ1) is 22.0. The monoisotopic (exact) mass is 455 g/mol. The fourth-order valence-corrected chi connectivity index (χ4v) is 3.13. The summed E-state index contributed by atoms with van der Waals surface area (Å²) >= 11 is 0. The Hall–Kier alpha value is -4.21. The van der Waals surface area contributed by atoms with Gasteiger partial charge < -0.3 is 13.8 Å². The number of hydrogen-bond acceptors (Lipinski definition) is 6. The molecule has 168 valence electrons. The SMILES string of the molecule is CC(=O)c1cccc(Cn2cc(-c3nc(-c4ccc(OC(F)(F)F)cc4)no3)ccc2=O)c1. The third-order valence-electron chi connectivity index (χ3n) is 4.69. The number of benzene rings is 2. The van der Waals surface area contributed by atoms with Crippen molar-refractivity contribution < 1.29 is 27.2 Å². The summed E-state index contributed by atoms with van der Waals surface area (Å²) in [7, 11) is 0. The van der Waals surface area contributed by atoms with E-state index < -0.39 is 6.36 Å². The smallest absolute Gasteiger partial charge is 0.406 e. The summed E-state index contributed by atoms with van der Waals surface area (Å²) in [4.78, 5) is 28.2. The standard InChI is InChI=1S/C23H16F3N3O4/c1-14(30)17-4-2-3-15(11-17)12-29-13-18(7-10-20(29)31)22-27-21(28-33-22)16-5-8-19(9-6-16)32-23(24,25)26/h2-11,13H,12H2,1H3. The molecule has 33 heavy (non-hydrogen) atoms. The normalized spacial score (nSPS) is 11.4. The van der Waals surface area contributed by atoms with Gasteiger partial charge >= 0.3 is 6.36 Å². The molecule has 7 nitrogen and oxygen atoms in total. The summed E-state index contributed by atoms with van der Waals surface area (Å²) in [6, 6.07) is 14.9. The lowest BCUT2D eigenvalue weighted by atomic mass is 10.1. The number of ether oxygens (including phenoxy) is 1. The molecule has 2 heterocycles. The van der Waals surface area contributed by atoms with Gasteiger partial charge in [-0.15, -0.1) is 13.2 Å². The second-order valence-corrected chi connectivity index (χ2v) is 7.14. The van der Waals surface area contributed by atoms with Crippen LogP contribution in [0.5, 0.6) is 5.75 Å². The zero-order chi connectivity index (χ0) is 23.6. The van der Waals surface area contributed by atoms with Crippen LogP contribution < -0.4 is 10.3 Å². The molecule has 0 N–H and O–H groups in total. The summed E-state index contributed by atoms with van der Waals surface area (Å²) in [6.45, 7) is 1.70. The number of nitrogens with zero attached hydrogens (tertiary/aromatic N) is 3. The summed E-state index contributed by atoms with van der Waals surface area (Å²) in [5, 5.41) is 3.86. The maximum Gasteiger partial charge on any atom is 0.573 e. The maximum absolute atomic E-state index is 12.3. The number of aromatic nitrogens is 3. The van der Waals surface area contributed by atoms with E-state index in [0.717, 1.165) is 17.7 Å². The summed E-state index contributed by atoms with van der Waals surface area (Å²) in [5.41, 5.74) is 1.97. The van der Waals surface area contributed by atoms with Crippen molar-refractivity contribution in [2.75, 3.05) is 0 Å². The second-order valence-electron chi connectivity index (χ2n) is 7.14. The van der Waals surface area contributed by atoms with Crippen molar-refractivity contribution in [1.82, 2.24) is 14.7 Å². The first-order chi connectivity index (χ1) is 15.7. The summed E-state index contributed by atoms with van der Waals surface area (Å²) in [5.74, 6) is -0.146. The Kier molecular flexibility index (Phi) is 5.82. The van der Waals surface area contributed by atoms with Gasteiger partial charge in [-0.2, -0.15) is 4.98 Å². The van der Waals surface area contributed by atoms with Gasteiger partial charge in [-0.05, 0) is 48.9 Å². The molecule has 0 aliphatic carbocycles. The topological polar surface area (TPSA) is 87.2 Å². The fraction of sp³-hybridized carbons (Fsp3) is 0.130. The van der Waals surface area contributed by atoms with Crippen LogP contribution in [0, 0.1) is 0 Å². The minimum Gasteiger partial charge on any atom is -0.406 e. The van der Waals surface area contributed by atoms with E-state index in [1.807, 2.05) is 6.07 Å². The van der Waals surface area contributed by atoms with Gasteiger partial charge in [-0.3, -0.25) is 9.59 Å². The summed E-state index contributed by atoms with van der Waals surface area (Å²) in [6.07, 6.45) is -3.22. The first-order valence-electron chi connectivity index (χ1n) is 9.68. The van der Waals surface area contributed by atoms with Gasteiger partial charge in [0.05, 0.1) is 12.1 Å². The maximum atomic E-state index is 12.3. The molecular formula is C23H16F3N3O4. The van der Waals surface area contributed by atoms with Gasteiger partial charge in [-0.25, -0.2) is 0 Å². The molecular weight excluding hydrogens is 439 g/mol. The van der Waals surface area contributed by atoms with Gasteiger partial charge in [0.25, 0.3) is 11.4 Å². The second kappa shape index (κ2) is 8.73. The van der Waals surface area contributed by atoms with Gasteiger partial charge in [0.1, 0.15) is 5.75 Å². The number of carbonyl (C=O) groups is 1. The highest BCUT2D eigenvalue weighted by molar-refractivity contribution is 5.94. The lowest BCUT2D eigenvalue weighted by molar-refractivity contribution is -0.274. The third kappa shape index (κ3) is 5.35. The van der Waals surface area contributed by atoms with Crippen LogP contribution >= 0.6 is 0 Å². The van der Waals surface area contributed by atoms with E-state index in [1.165, 1.54) is 35.8 Å². The predicted octanol–water partition coefficient (Wildman–Crippen LogP) is 4.71. The third-order valence-corrected chi connectivity index (χ3v) is 4.69. The highest BCUT2D eigenvalue weighted by Gasteiger charge is 2.31. The lowest BCUT2D eigenvalue weighted by Crippen LogP contribution is -2.19. The first-order valence-corrected chi connectivity index (χ1v) is 9.68. The Morgan fingerprint density at radius 3 is 2.48 bits per heavy atom. The molecule has 0 amide bonds. The average molecular weight is 455 g/mol. The highest BCUT2D eigenvalue weighted by Crippen LogP contribution is 2.26. The molecule has 0 radical (unpaired) electrons.